The van der Waals surface area contributed by atoms with Crippen molar-refractivity contribution in [2.45, 2.75) is 12.1 Å². The van der Waals surface area contributed by atoms with Gasteiger partial charge < -0.3 is 20.1 Å². The van der Waals surface area contributed by atoms with Gasteiger partial charge in [0.05, 0.1) is 13.2 Å². The molecule has 1 aliphatic heterocycles. The maximum Gasteiger partial charge on any atom is 0.260 e. The summed E-state index contributed by atoms with van der Waals surface area (Å²) in [4.78, 5) is 13.7. The fraction of sp³-hybridized carbons (Fsp3) is 0.235. The van der Waals surface area contributed by atoms with Crippen LogP contribution in [0.2, 0.25) is 0 Å². The van der Waals surface area contributed by atoms with Crippen LogP contribution in [0.5, 0.6) is 11.5 Å². The van der Waals surface area contributed by atoms with Crippen LogP contribution in [-0.2, 0) is 4.79 Å². The molecule has 6 heteroatoms. The van der Waals surface area contributed by atoms with E-state index in [0.29, 0.717) is 12.3 Å². The number of carbonyl (C=O) groups excluding carboxylic acids is 1. The number of ether oxygens (including phenoxy) is 2. The van der Waals surface area contributed by atoms with E-state index in [1.165, 1.54) is 24.3 Å². The molecule has 0 bridgehead atoms. The fourth-order valence-electron chi connectivity index (χ4n) is 2.47. The Kier molecular flexibility index (Phi) is 4.06. The van der Waals surface area contributed by atoms with Crippen LogP contribution in [0, 0.1) is 5.82 Å². The van der Waals surface area contributed by atoms with E-state index in [4.69, 9.17) is 15.2 Å². The van der Waals surface area contributed by atoms with Crippen molar-refractivity contribution in [2.24, 2.45) is 5.73 Å². The average Bonchev–Trinajstić information content (AvgIpc) is 3.34. The van der Waals surface area contributed by atoms with Crippen LogP contribution in [0.25, 0.3) is 0 Å². The summed E-state index contributed by atoms with van der Waals surface area (Å²) in [6, 6.07) is 12.9. The van der Waals surface area contributed by atoms with Gasteiger partial charge in [-0.05, 0) is 48.5 Å². The lowest BCUT2D eigenvalue weighted by Crippen LogP contribution is -2.39. The first-order chi connectivity index (χ1) is 11.1. The summed E-state index contributed by atoms with van der Waals surface area (Å²) in [5.41, 5.74) is 6.42. The minimum Gasteiger partial charge on any atom is -0.497 e. The highest BCUT2D eigenvalue weighted by molar-refractivity contribution is 5.82. The number of anilines is 1. The van der Waals surface area contributed by atoms with Crippen molar-refractivity contribution in [2.75, 3.05) is 18.6 Å². The van der Waals surface area contributed by atoms with Crippen molar-refractivity contribution >= 4 is 11.6 Å². The maximum absolute atomic E-state index is 12.9. The lowest BCUT2D eigenvalue weighted by molar-refractivity contribution is -0.124. The molecule has 1 aliphatic rings. The van der Waals surface area contributed by atoms with E-state index >= 15 is 0 Å². The summed E-state index contributed by atoms with van der Waals surface area (Å²) in [6.45, 7) is 0.668. The van der Waals surface area contributed by atoms with Gasteiger partial charge in [0.2, 0.25) is 0 Å². The third-order valence-corrected chi connectivity index (χ3v) is 3.76. The molecule has 1 amide bonds. The minimum absolute atomic E-state index is 0.133. The molecule has 0 radical (unpaired) electrons. The summed E-state index contributed by atoms with van der Waals surface area (Å²) in [6.07, 6.45) is -0.789. The number of benzene rings is 2. The predicted octanol–water partition coefficient (Wildman–Crippen LogP) is 1.96. The van der Waals surface area contributed by atoms with E-state index < -0.39 is 12.0 Å². The van der Waals surface area contributed by atoms with Crippen molar-refractivity contribution in [3.8, 4) is 11.5 Å². The molecule has 2 aromatic rings. The van der Waals surface area contributed by atoms with Gasteiger partial charge in [0.1, 0.15) is 17.3 Å². The number of halogens is 1. The summed E-state index contributed by atoms with van der Waals surface area (Å²) >= 11 is 0. The molecule has 5 nitrogen and oxygen atoms in total. The molecule has 2 N–H and O–H groups in total. The van der Waals surface area contributed by atoms with E-state index in [0.717, 1.165) is 11.4 Å². The van der Waals surface area contributed by atoms with Crippen molar-refractivity contribution < 1.29 is 18.7 Å². The quantitative estimate of drug-likeness (QED) is 0.828. The van der Waals surface area contributed by atoms with Crippen LogP contribution >= 0.6 is 0 Å². The lowest BCUT2D eigenvalue weighted by Gasteiger charge is -2.16. The number of hydrogen-bond acceptors (Lipinski definition) is 4. The highest BCUT2D eigenvalue weighted by Gasteiger charge is 2.45. The van der Waals surface area contributed by atoms with Crippen molar-refractivity contribution in [1.82, 2.24) is 0 Å². The van der Waals surface area contributed by atoms with Crippen molar-refractivity contribution in [3.05, 3.63) is 54.3 Å². The third kappa shape index (κ3) is 3.36. The number of nitrogens with zero attached hydrogens (tertiary/aromatic N) is 1. The van der Waals surface area contributed by atoms with Gasteiger partial charge in [0.15, 0.2) is 6.10 Å². The molecule has 2 aromatic carbocycles. The Balaban J connectivity index is 1.70. The molecular weight excluding hydrogens is 299 g/mol. The lowest BCUT2D eigenvalue weighted by atomic mass is 10.2. The van der Waals surface area contributed by atoms with Crippen LogP contribution < -0.4 is 20.1 Å². The molecule has 0 aliphatic carbocycles. The standard InChI is InChI=1S/C17H17FN2O3/c1-22-13-8-4-12(5-9-13)20-10-15(20)16(17(19)21)23-14-6-2-11(18)3-7-14/h2-9,15-16H,10H2,1H3,(H2,19,21)/t15-,16+,20?/m1/s1. The predicted molar refractivity (Wildman–Crippen MR) is 84.1 cm³/mol. The molecule has 1 heterocycles. The van der Waals surface area contributed by atoms with Crippen LogP contribution in [0.4, 0.5) is 10.1 Å². The number of carbonyl (C=O) groups is 1. The van der Waals surface area contributed by atoms with Crippen LogP contribution in [0.3, 0.4) is 0 Å². The Labute approximate surface area is 133 Å². The highest BCUT2D eigenvalue weighted by Crippen LogP contribution is 2.32. The van der Waals surface area contributed by atoms with E-state index in [1.54, 1.807) is 7.11 Å². The number of hydrogen-bond donors (Lipinski definition) is 1. The van der Waals surface area contributed by atoms with E-state index in [9.17, 15) is 9.18 Å². The van der Waals surface area contributed by atoms with Crippen molar-refractivity contribution in [1.29, 1.82) is 0 Å². The van der Waals surface area contributed by atoms with Crippen molar-refractivity contribution in [3.63, 3.8) is 0 Å². The molecule has 0 saturated carbocycles. The molecule has 0 spiro atoms. The summed E-state index contributed by atoms with van der Waals surface area (Å²) < 4.78 is 23.7. The van der Waals surface area contributed by atoms with E-state index in [1.807, 2.05) is 29.2 Å². The zero-order valence-corrected chi connectivity index (χ0v) is 12.6. The Hall–Kier alpha value is -2.76. The summed E-state index contributed by atoms with van der Waals surface area (Å²) in [7, 11) is 1.61. The van der Waals surface area contributed by atoms with Gasteiger partial charge in [-0.25, -0.2) is 4.39 Å². The second-order valence-electron chi connectivity index (χ2n) is 5.31. The molecule has 1 saturated heterocycles. The van der Waals surface area contributed by atoms with Gasteiger partial charge in [-0.3, -0.25) is 4.79 Å². The van der Waals surface area contributed by atoms with Gasteiger partial charge in [0.25, 0.3) is 5.91 Å². The Bertz CT molecular complexity index is 688. The van der Waals surface area contributed by atoms with Crippen LogP contribution in [0.15, 0.2) is 48.5 Å². The smallest absolute Gasteiger partial charge is 0.260 e. The number of nitrogens with two attached hydrogens (primary N) is 1. The SMILES string of the molecule is COc1ccc(N2C[C@@H]2[C@H](Oc2ccc(F)cc2)C(N)=O)cc1. The molecular formula is C17H17FN2O3. The Morgan fingerprint density at radius 3 is 2.35 bits per heavy atom. The number of primary amides is 1. The van der Waals surface area contributed by atoms with Gasteiger partial charge >= 0.3 is 0 Å². The van der Waals surface area contributed by atoms with Gasteiger partial charge in [0, 0.05) is 12.2 Å². The number of methoxy groups -OCH3 is 1. The number of amides is 1. The Morgan fingerprint density at radius 2 is 1.78 bits per heavy atom. The molecule has 0 aromatic heterocycles. The monoisotopic (exact) mass is 316 g/mol. The first-order valence-corrected chi connectivity index (χ1v) is 7.21. The molecule has 1 fully saturated rings. The molecule has 3 rings (SSSR count). The van der Waals surface area contributed by atoms with E-state index in [-0.39, 0.29) is 11.9 Å². The average molecular weight is 316 g/mol. The number of rotatable bonds is 6. The maximum atomic E-state index is 12.9. The van der Waals surface area contributed by atoms with Gasteiger partial charge in [-0.1, -0.05) is 0 Å². The largest absolute Gasteiger partial charge is 0.497 e. The molecule has 23 heavy (non-hydrogen) atoms. The van der Waals surface area contributed by atoms with Crippen LogP contribution in [-0.4, -0.2) is 31.7 Å². The first kappa shape index (κ1) is 15.1. The zero-order chi connectivity index (χ0) is 16.4. The Morgan fingerprint density at radius 1 is 1.17 bits per heavy atom. The molecule has 2 atom stereocenters. The topological polar surface area (TPSA) is 64.6 Å². The summed E-state index contributed by atoms with van der Waals surface area (Å²) in [5, 5.41) is 0. The van der Waals surface area contributed by atoms with Gasteiger partial charge in [-0.15, -0.1) is 0 Å². The highest BCUT2D eigenvalue weighted by atomic mass is 19.1. The summed E-state index contributed by atoms with van der Waals surface area (Å²) in [5.74, 6) is 0.271. The van der Waals surface area contributed by atoms with E-state index in [2.05, 4.69) is 0 Å². The molecule has 0 unspecified atom stereocenters. The second kappa shape index (κ2) is 6.16. The fourth-order valence-corrected chi connectivity index (χ4v) is 2.47. The minimum atomic E-state index is -0.789. The second-order valence-corrected chi connectivity index (χ2v) is 5.31. The zero-order valence-electron chi connectivity index (χ0n) is 12.6. The third-order valence-electron chi connectivity index (χ3n) is 3.76. The first-order valence-electron chi connectivity index (χ1n) is 7.21. The normalized spacial score (nSPS) is 17.5. The molecule has 120 valence electrons. The van der Waals surface area contributed by atoms with Gasteiger partial charge in [-0.2, -0.15) is 0 Å². The van der Waals surface area contributed by atoms with Crippen LogP contribution in [0.1, 0.15) is 0 Å².